The maximum atomic E-state index is 11.9. The molecule has 1 aromatic carbocycles. The van der Waals surface area contributed by atoms with Gasteiger partial charge in [0, 0.05) is 25.2 Å². The van der Waals surface area contributed by atoms with Crippen LogP contribution in [0.4, 0.5) is 10.5 Å². The minimum atomic E-state index is -0.591. The zero-order chi connectivity index (χ0) is 14.5. The summed E-state index contributed by atoms with van der Waals surface area (Å²) in [5.41, 5.74) is 0.839. The molecular formula is C14H19N3O3. The van der Waals surface area contributed by atoms with Gasteiger partial charge in [-0.05, 0) is 19.1 Å². The molecule has 2 rings (SSSR count). The Kier molecular flexibility index (Phi) is 4.57. The van der Waals surface area contributed by atoms with Crippen LogP contribution in [-0.4, -0.2) is 42.3 Å². The molecule has 1 aromatic rings. The monoisotopic (exact) mass is 277 g/mol. The lowest BCUT2D eigenvalue weighted by Crippen LogP contribution is -2.45. The molecule has 3 N–H and O–H groups in total. The minimum absolute atomic E-state index is 0.00275. The number of nitrogens with zero attached hydrogens (tertiary/aromatic N) is 1. The van der Waals surface area contributed by atoms with E-state index >= 15 is 0 Å². The van der Waals surface area contributed by atoms with E-state index in [0.717, 1.165) is 5.69 Å². The van der Waals surface area contributed by atoms with Crippen LogP contribution >= 0.6 is 0 Å². The van der Waals surface area contributed by atoms with E-state index in [4.69, 9.17) is 5.11 Å². The van der Waals surface area contributed by atoms with Gasteiger partial charge in [0.05, 0.1) is 12.1 Å². The Morgan fingerprint density at radius 1 is 1.45 bits per heavy atom. The molecule has 0 bridgehead atoms. The van der Waals surface area contributed by atoms with Crippen LogP contribution in [0.2, 0.25) is 0 Å². The summed E-state index contributed by atoms with van der Waals surface area (Å²) < 4.78 is 0. The van der Waals surface area contributed by atoms with Gasteiger partial charge in [-0.25, -0.2) is 4.79 Å². The number of aliphatic hydroxyl groups is 1. The number of para-hydroxylation sites is 1. The Bertz CT molecular complexity index is 476. The third kappa shape index (κ3) is 3.71. The molecule has 0 spiro atoms. The molecule has 0 aliphatic carbocycles. The fourth-order valence-corrected chi connectivity index (χ4v) is 2.14. The van der Waals surface area contributed by atoms with Gasteiger partial charge in [0.15, 0.2) is 0 Å². The third-order valence-electron chi connectivity index (χ3n) is 3.09. The second-order valence-electron chi connectivity index (χ2n) is 4.94. The zero-order valence-corrected chi connectivity index (χ0v) is 11.4. The summed E-state index contributed by atoms with van der Waals surface area (Å²) >= 11 is 0. The van der Waals surface area contributed by atoms with Crippen molar-refractivity contribution in [2.75, 3.05) is 18.0 Å². The van der Waals surface area contributed by atoms with Crippen molar-refractivity contribution in [1.82, 2.24) is 10.6 Å². The van der Waals surface area contributed by atoms with E-state index in [1.165, 1.54) is 0 Å². The fraction of sp³-hybridized carbons (Fsp3) is 0.429. The molecule has 0 aromatic heterocycles. The van der Waals surface area contributed by atoms with E-state index in [-0.39, 0.29) is 30.9 Å². The van der Waals surface area contributed by atoms with E-state index in [2.05, 4.69) is 10.6 Å². The number of benzene rings is 1. The maximum Gasteiger partial charge on any atom is 0.315 e. The first kappa shape index (κ1) is 14.3. The van der Waals surface area contributed by atoms with Crippen LogP contribution in [-0.2, 0) is 4.79 Å². The summed E-state index contributed by atoms with van der Waals surface area (Å²) in [7, 11) is 0. The number of rotatable bonds is 4. The standard InChI is InChI=1S/C14H19N3O3/c1-10(18)8-15-14(20)16-11-7-13(19)17(9-11)12-5-3-2-4-6-12/h2-6,10-11,18H,7-9H2,1H3,(H2,15,16,20)/t10-,11+/m1/s1. The Balaban J connectivity index is 1.88. The molecule has 108 valence electrons. The highest BCUT2D eigenvalue weighted by molar-refractivity contribution is 5.96. The van der Waals surface area contributed by atoms with Crippen molar-refractivity contribution in [3.63, 3.8) is 0 Å². The molecule has 6 nitrogen and oxygen atoms in total. The zero-order valence-electron chi connectivity index (χ0n) is 11.4. The predicted molar refractivity (Wildman–Crippen MR) is 75.4 cm³/mol. The van der Waals surface area contributed by atoms with Crippen LogP contribution in [0.5, 0.6) is 0 Å². The first-order valence-corrected chi connectivity index (χ1v) is 6.64. The molecule has 0 saturated carbocycles. The van der Waals surface area contributed by atoms with Crippen molar-refractivity contribution in [3.05, 3.63) is 30.3 Å². The maximum absolute atomic E-state index is 11.9. The van der Waals surface area contributed by atoms with E-state index in [9.17, 15) is 9.59 Å². The van der Waals surface area contributed by atoms with Gasteiger partial charge in [0.25, 0.3) is 0 Å². The van der Waals surface area contributed by atoms with Gasteiger partial charge in [0.1, 0.15) is 0 Å². The first-order chi connectivity index (χ1) is 9.56. The van der Waals surface area contributed by atoms with Crippen molar-refractivity contribution in [1.29, 1.82) is 0 Å². The van der Waals surface area contributed by atoms with Gasteiger partial charge in [-0.2, -0.15) is 0 Å². The van der Waals surface area contributed by atoms with Crippen LogP contribution in [0, 0.1) is 0 Å². The first-order valence-electron chi connectivity index (χ1n) is 6.64. The van der Waals surface area contributed by atoms with Crippen LogP contribution in [0.15, 0.2) is 30.3 Å². The largest absolute Gasteiger partial charge is 0.392 e. The highest BCUT2D eigenvalue weighted by Gasteiger charge is 2.31. The molecule has 3 amide bonds. The number of amides is 3. The number of carbonyl (C=O) groups is 2. The summed E-state index contributed by atoms with van der Waals surface area (Å²) in [6.07, 6.45) is -0.302. The topological polar surface area (TPSA) is 81.7 Å². The van der Waals surface area contributed by atoms with E-state index < -0.39 is 6.10 Å². The Morgan fingerprint density at radius 3 is 2.80 bits per heavy atom. The summed E-state index contributed by atoms with van der Waals surface area (Å²) in [4.78, 5) is 25.2. The summed E-state index contributed by atoms with van der Waals surface area (Å²) in [5, 5.41) is 14.4. The molecule has 1 saturated heterocycles. The molecular weight excluding hydrogens is 258 g/mol. The van der Waals surface area contributed by atoms with Gasteiger partial charge in [0.2, 0.25) is 5.91 Å². The second kappa shape index (κ2) is 6.38. The quantitative estimate of drug-likeness (QED) is 0.748. The van der Waals surface area contributed by atoms with Gasteiger partial charge in [-0.15, -0.1) is 0 Å². The number of hydrogen-bond acceptors (Lipinski definition) is 3. The smallest absolute Gasteiger partial charge is 0.315 e. The SMILES string of the molecule is C[C@@H](O)CNC(=O)N[C@H]1CC(=O)N(c2ccccc2)C1. The van der Waals surface area contributed by atoms with Crippen molar-refractivity contribution < 1.29 is 14.7 Å². The van der Waals surface area contributed by atoms with E-state index in [0.29, 0.717) is 6.54 Å². The van der Waals surface area contributed by atoms with Crippen LogP contribution < -0.4 is 15.5 Å². The molecule has 1 aliphatic rings. The van der Waals surface area contributed by atoms with Crippen LogP contribution in [0.25, 0.3) is 0 Å². The summed E-state index contributed by atoms with van der Waals surface area (Å²) in [5.74, 6) is -0.00275. The fourth-order valence-electron chi connectivity index (χ4n) is 2.14. The van der Waals surface area contributed by atoms with E-state index in [1.807, 2.05) is 30.3 Å². The van der Waals surface area contributed by atoms with Crippen molar-refractivity contribution >= 4 is 17.6 Å². The van der Waals surface area contributed by atoms with E-state index in [1.54, 1.807) is 11.8 Å². The van der Waals surface area contributed by atoms with Crippen molar-refractivity contribution in [3.8, 4) is 0 Å². The Labute approximate surface area is 117 Å². The molecule has 20 heavy (non-hydrogen) atoms. The van der Waals surface area contributed by atoms with Crippen molar-refractivity contribution in [2.24, 2.45) is 0 Å². The number of carbonyl (C=O) groups excluding carboxylic acids is 2. The Hall–Kier alpha value is -2.08. The van der Waals surface area contributed by atoms with Crippen LogP contribution in [0.3, 0.4) is 0 Å². The lowest BCUT2D eigenvalue weighted by Gasteiger charge is -2.17. The summed E-state index contributed by atoms with van der Waals surface area (Å²) in [6, 6.07) is 8.80. The molecule has 1 heterocycles. The Morgan fingerprint density at radius 2 is 2.15 bits per heavy atom. The molecule has 0 unspecified atom stereocenters. The van der Waals surface area contributed by atoms with Crippen LogP contribution in [0.1, 0.15) is 13.3 Å². The molecule has 2 atom stereocenters. The molecule has 6 heteroatoms. The predicted octanol–water partition coefficient (Wildman–Crippen LogP) is 0.472. The highest BCUT2D eigenvalue weighted by atomic mass is 16.3. The molecule has 1 fully saturated rings. The number of hydrogen-bond donors (Lipinski definition) is 3. The van der Waals surface area contributed by atoms with Gasteiger partial charge >= 0.3 is 6.03 Å². The minimum Gasteiger partial charge on any atom is -0.392 e. The second-order valence-corrected chi connectivity index (χ2v) is 4.94. The van der Waals surface area contributed by atoms with Gasteiger partial charge in [-0.3, -0.25) is 4.79 Å². The molecule has 0 radical (unpaired) electrons. The number of urea groups is 1. The number of anilines is 1. The summed E-state index contributed by atoms with van der Waals surface area (Å²) in [6.45, 7) is 2.25. The van der Waals surface area contributed by atoms with Gasteiger partial charge < -0.3 is 20.6 Å². The highest BCUT2D eigenvalue weighted by Crippen LogP contribution is 2.20. The normalized spacial score (nSPS) is 19.8. The lowest BCUT2D eigenvalue weighted by molar-refractivity contribution is -0.117. The lowest BCUT2D eigenvalue weighted by atomic mass is 10.2. The molecule has 1 aliphatic heterocycles. The average molecular weight is 277 g/mol. The third-order valence-corrected chi connectivity index (χ3v) is 3.09. The number of aliphatic hydroxyl groups excluding tert-OH is 1. The van der Waals surface area contributed by atoms with Gasteiger partial charge in [-0.1, -0.05) is 18.2 Å². The average Bonchev–Trinajstić information content (AvgIpc) is 2.78. The number of nitrogens with one attached hydrogen (secondary N) is 2. The van der Waals surface area contributed by atoms with Crippen molar-refractivity contribution in [2.45, 2.75) is 25.5 Å².